The van der Waals surface area contributed by atoms with Crippen LogP contribution >= 0.6 is 11.6 Å². The Bertz CT molecular complexity index is 1100. The molecule has 32 heavy (non-hydrogen) atoms. The highest BCUT2D eigenvalue weighted by molar-refractivity contribution is 6.30. The molecule has 0 spiro atoms. The molecular formula is C24H18ClF3N2O2. The normalized spacial score (nSPS) is 18.4. The molecule has 1 heterocycles. The summed E-state index contributed by atoms with van der Waals surface area (Å²) in [5, 5.41) is 1.53. The molecule has 0 amide bonds. The van der Waals surface area contributed by atoms with Crippen LogP contribution in [0.5, 0.6) is 0 Å². The lowest BCUT2D eigenvalue weighted by atomic mass is 9.95. The fourth-order valence-corrected chi connectivity index (χ4v) is 3.74. The van der Waals surface area contributed by atoms with Crippen LogP contribution in [-0.4, -0.2) is 23.0 Å². The summed E-state index contributed by atoms with van der Waals surface area (Å²) >= 11 is 5.95. The minimum Gasteiger partial charge on any atom is -0.330 e. The van der Waals surface area contributed by atoms with Crippen LogP contribution in [-0.2, 0) is 16.1 Å². The number of halogens is 4. The smallest absolute Gasteiger partial charge is 0.330 e. The van der Waals surface area contributed by atoms with Crippen LogP contribution < -0.4 is 0 Å². The Hall–Kier alpha value is -3.32. The molecule has 0 aromatic heterocycles. The Morgan fingerprint density at radius 2 is 1.47 bits per heavy atom. The van der Waals surface area contributed by atoms with E-state index in [-0.39, 0.29) is 12.3 Å². The van der Waals surface area contributed by atoms with Gasteiger partial charge in [-0.25, -0.2) is 4.79 Å². The summed E-state index contributed by atoms with van der Waals surface area (Å²) in [6.07, 6.45) is -4.98. The fraction of sp³-hybridized carbons (Fsp3) is 0.167. The second-order valence-corrected chi connectivity index (χ2v) is 7.70. The molecule has 0 fully saturated rings. The van der Waals surface area contributed by atoms with Gasteiger partial charge >= 0.3 is 12.1 Å². The van der Waals surface area contributed by atoms with Crippen LogP contribution in [0.2, 0.25) is 5.02 Å². The fourth-order valence-electron chi connectivity index (χ4n) is 3.61. The van der Waals surface area contributed by atoms with Gasteiger partial charge in [0.25, 0.3) is 0 Å². The van der Waals surface area contributed by atoms with E-state index in [0.717, 1.165) is 16.2 Å². The predicted molar refractivity (Wildman–Crippen MR) is 115 cm³/mol. The van der Waals surface area contributed by atoms with Gasteiger partial charge < -0.3 is 4.84 Å². The minimum atomic E-state index is -5.14. The maximum atomic E-state index is 13.1. The maximum Gasteiger partial charge on any atom is 0.493 e. The predicted octanol–water partition coefficient (Wildman–Crippen LogP) is 6.10. The van der Waals surface area contributed by atoms with E-state index >= 15 is 0 Å². The minimum absolute atomic E-state index is 0.162. The van der Waals surface area contributed by atoms with Gasteiger partial charge in [0.15, 0.2) is 0 Å². The average Bonchev–Trinajstić information content (AvgIpc) is 3.13. The van der Waals surface area contributed by atoms with Crippen molar-refractivity contribution in [1.29, 1.82) is 0 Å². The van der Waals surface area contributed by atoms with Gasteiger partial charge in [-0.2, -0.15) is 18.2 Å². The maximum absolute atomic E-state index is 13.1. The summed E-state index contributed by atoms with van der Waals surface area (Å²) in [6, 6.07) is 23.6. The van der Waals surface area contributed by atoms with Crippen molar-refractivity contribution in [1.82, 2.24) is 5.06 Å². The first kappa shape index (κ1) is 21.9. The third kappa shape index (κ3) is 4.78. The Balaban J connectivity index is 1.78. The van der Waals surface area contributed by atoms with E-state index in [1.165, 1.54) is 0 Å². The van der Waals surface area contributed by atoms with Gasteiger partial charge in [-0.3, -0.25) is 4.99 Å². The number of amidine groups is 1. The van der Waals surface area contributed by atoms with Crippen LogP contribution in [0.15, 0.2) is 89.9 Å². The van der Waals surface area contributed by atoms with Gasteiger partial charge in [0.2, 0.25) is 0 Å². The Morgan fingerprint density at radius 1 is 0.906 bits per heavy atom. The average molecular weight is 459 g/mol. The highest BCUT2D eigenvalue weighted by Crippen LogP contribution is 2.43. The number of nitrogens with zero attached hydrogens (tertiary/aromatic N) is 2. The van der Waals surface area contributed by atoms with E-state index in [4.69, 9.17) is 21.4 Å². The molecule has 4 rings (SSSR count). The first-order chi connectivity index (χ1) is 15.3. The standard InChI is InChI=1S/C24H18ClF3N2O2/c25-19-13-11-16(12-14-19)15-20-29-21(17-7-3-1-4-8-17)22(18-9-5-2-6-10-18)30(20)32-23(31)24(26,27)28/h1-14,21-22H,15H2. The van der Waals surface area contributed by atoms with Gasteiger partial charge in [-0.15, -0.1) is 0 Å². The number of alkyl halides is 3. The number of hydrogen-bond donors (Lipinski definition) is 0. The molecule has 0 saturated carbocycles. The third-order valence-electron chi connectivity index (χ3n) is 5.06. The van der Waals surface area contributed by atoms with Crippen LogP contribution in [0.3, 0.4) is 0 Å². The van der Waals surface area contributed by atoms with Crippen LogP contribution in [0.4, 0.5) is 13.2 Å². The van der Waals surface area contributed by atoms with Gasteiger partial charge in [0.1, 0.15) is 17.9 Å². The molecular weight excluding hydrogens is 441 g/mol. The SMILES string of the molecule is O=C(ON1C(Cc2ccc(Cl)cc2)=NC(c2ccccc2)C1c1ccccc1)C(F)(F)F. The zero-order valence-corrected chi connectivity index (χ0v) is 17.4. The van der Waals surface area contributed by atoms with Gasteiger partial charge in [0.05, 0.1) is 0 Å². The van der Waals surface area contributed by atoms with E-state index in [1.807, 2.05) is 30.3 Å². The molecule has 8 heteroatoms. The zero-order valence-electron chi connectivity index (χ0n) is 16.7. The number of benzene rings is 3. The van der Waals surface area contributed by atoms with Crippen molar-refractivity contribution < 1.29 is 22.8 Å². The first-order valence-electron chi connectivity index (χ1n) is 9.82. The summed E-state index contributed by atoms with van der Waals surface area (Å²) in [5.74, 6) is -2.08. The number of hydroxylamine groups is 2. The number of rotatable bonds is 5. The van der Waals surface area contributed by atoms with E-state index in [1.54, 1.807) is 54.6 Å². The van der Waals surface area contributed by atoms with Crippen LogP contribution in [0, 0.1) is 0 Å². The second kappa shape index (κ2) is 9.04. The summed E-state index contributed by atoms with van der Waals surface area (Å²) in [6.45, 7) is 0. The zero-order chi connectivity index (χ0) is 22.7. The highest BCUT2D eigenvalue weighted by atomic mass is 35.5. The molecule has 0 radical (unpaired) electrons. The molecule has 1 aliphatic heterocycles. The lowest BCUT2D eigenvalue weighted by molar-refractivity contribution is -0.230. The molecule has 2 atom stereocenters. The van der Waals surface area contributed by atoms with Gasteiger partial charge in [0, 0.05) is 11.4 Å². The monoisotopic (exact) mass is 458 g/mol. The van der Waals surface area contributed by atoms with Crippen molar-refractivity contribution in [3.05, 3.63) is 107 Å². The van der Waals surface area contributed by atoms with E-state index in [9.17, 15) is 18.0 Å². The quantitative estimate of drug-likeness (QED) is 0.464. The summed E-state index contributed by atoms with van der Waals surface area (Å²) in [4.78, 5) is 21.5. The molecule has 0 aliphatic carbocycles. The Labute approximate surface area is 187 Å². The Morgan fingerprint density at radius 3 is 2.03 bits per heavy atom. The molecule has 3 aromatic carbocycles. The van der Waals surface area contributed by atoms with Crippen molar-refractivity contribution >= 4 is 23.4 Å². The van der Waals surface area contributed by atoms with E-state index < -0.39 is 24.2 Å². The second-order valence-electron chi connectivity index (χ2n) is 7.26. The molecule has 0 N–H and O–H groups in total. The lowest BCUT2D eigenvalue weighted by Crippen LogP contribution is -2.39. The van der Waals surface area contributed by atoms with Gasteiger partial charge in [-0.05, 0) is 28.8 Å². The molecule has 4 nitrogen and oxygen atoms in total. The Kier molecular flexibility index (Phi) is 6.19. The van der Waals surface area contributed by atoms with E-state index in [2.05, 4.69) is 0 Å². The number of carbonyl (C=O) groups is 1. The van der Waals surface area contributed by atoms with Crippen LogP contribution in [0.25, 0.3) is 0 Å². The number of hydrogen-bond acceptors (Lipinski definition) is 4. The van der Waals surface area contributed by atoms with Crippen molar-refractivity contribution in [2.24, 2.45) is 4.99 Å². The molecule has 2 unspecified atom stereocenters. The topological polar surface area (TPSA) is 41.9 Å². The number of carbonyl (C=O) groups excluding carboxylic acids is 1. The summed E-state index contributed by atoms with van der Waals surface area (Å²) in [7, 11) is 0. The molecule has 3 aromatic rings. The largest absolute Gasteiger partial charge is 0.493 e. The van der Waals surface area contributed by atoms with Crippen molar-refractivity contribution in [2.45, 2.75) is 24.7 Å². The lowest BCUT2D eigenvalue weighted by Gasteiger charge is -2.29. The summed E-state index contributed by atoms with van der Waals surface area (Å²) in [5.41, 5.74) is 2.23. The third-order valence-corrected chi connectivity index (χ3v) is 5.32. The van der Waals surface area contributed by atoms with Crippen LogP contribution in [0.1, 0.15) is 28.8 Å². The molecule has 1 aliphatic rings. The van der Waals surface area contributed by atoms with Crippen molar-refractivity contribution in [3.8, 4) is 0 Å². The van der Waals surface area contributed by atoms with Crippen molar-refractivity contribution in [3.63, 3.8) is 0 Å². The van der Waals surface area contributed by atoms with Crippen molar-refractivity contribution in [2.75, 3.05) is 0 Å². The summed E-state index contributed by atoms with van der Waals surface area (Å²) < 4.78 is 39.3. The molecule has 0 bridgehead atoms. The highest BCUT2D eigenvalue weighted by Gasteiger charge is 2.47. The molecule has 164 valence electrons. The van der Waals surface area contributed by atoms with E-state index in [0.29, 0.717) is 10.6 Å². The molecule has 0 saturated heterocycles. The van der Waals surface area contributed by atoms with Gasteiger partial charge in [-0.1, -0.05) is 84.4 Å². The first-order valence-corrected chi connectivity index (χ1v) is 10.2. The number of aliphatic imine (C=N–C) groups is 1.